The fourth-order valence-corrected chi connectivity index (χ4v) is 5.37. The molecule has 0 bridgehead atoms. The van der Waals surface area contributed by atoms with Gasteiger partial charge in [-0.3, -0.25) is 9.59 Å². The van der Waals surface area contributed by atoms with Crippen molar-refractivity contribution in [1.29, 1.82) is 0 Å². The second-order valence-corrected chi connectivity index (χ2v) is 9.69. The van der Waals surface area contributed by atoms with Crippen molar-refractivity contribution in [1.82, 2.24) is 14.9 Å². The number of amides is 1. The number of ether oxygens (including phenoxy) is 1. The summed E-state index contributed by atoms with van der Waals surface area (Å²) in [5.74, 6) is 0.816. The maximum absolute atomic E-state index is 12.9. The first kappa shape index (κ1) is 22.5. The number of rotatable bonds is 6. The van der Waals surface area contributed by atoms with Crippen molar-refractivity contribution in [2.75, 3.05) is 43.9 Å². The van der Waals surface area contributed by atoms with Gasteiger partial charge in [-0.2, -0.15) is 0 Å². The second-order valence-electron chi connectivity index (χ2n) is 7.63. The fourth-order valence-electron chi connectivity index (χ4n) is 3.68. The smallest absolute Gasteiger partial charge is 0.316 e. The molecule has 0 radical (unpaired) electrons. The Morgan fingerprint density at radius 3 is 2.62 bits per heavy atom. The molecule has 1 amide bonds. The summed E-state index contributed by atoms with van der Waals surface area (Å²) in [6.45, 7) is 6.78. The van der Waals surface area contributed by atoms with Gasteiger partial charge in [0.05, 0.1) is 18.2 Å². The quantitative estimate of drug-likeness (QED) is 0.308. The Hall–Kier alpha value is -2.65. The molecule has 1 aliphatic rings. The maximum atomic E-state index is 12.9. The summed E-state index contributed by atoms with van der Waals surface area (Å²) in [6.07, 6.45) is 0.934. The van der Waals surface area contributed by atoms with E-state index in [1.807, 2.05) is 36.1 Å². The number of thiophene rings is 1. The van der Waals surface area contributed by atoms with E-state index in [0.717, 1.165) is 33.6 Å². The van der Waals surface area contributed by atoms with Crippen molar-refractivity contribution in [3.05, 3.63) is 46.3 Å². The molecule has 0 unspecified atom stereocenters. The molecule has 7 nitrogen and oxygen atoms in total. The third-order valence-corrected chi connectivity index (χ3v) is 7.42. The van der Waals surface area contributed by atoms with Gasteiger partial charge in [-0.15, -0.1) is 11.3 Å². The summed E-state index contributed by atoms with van der Waals surface area (Å²) < 4.78 is 4.74. The maximum Gasteiger partial charge on any atom is 0.316 e. The molecule has 0 spiro atoms. The van der Waals surface area contributed by atoms with Crippen LogP contribution in [0.15, 0.2) is 35.5 Å². The van der Waals surface area contributed by atoms with E-state index in [2.05, 4.69) is 22.9 Å². The predicted molar refractivity (Wildman–Crippen MR) is 129 cm³/mol. The van der Waals surface area contributed by atoms with E-state index in [1.54, 1.807) is 11.3 Å². The van der Waals surface area contributed by atoms with Gasteiger partial charge in [-0.25, -0.2) is 9.97 Å². The largest absolute Gasteiger partial charge is 0.468 e. The Morgan fingerprint density at radius 2 is 1.94 bits per heavy atom. The number of esters is 1. The van der Waals surface area contributed by atoms with E-state index in [-0.39, 0.29) is 17.6 Å². The zero-order chi connectivity index (χ0) is 22.7. The first-order chi connectivity index (χ1) is 15.5. The Kier molecular flexibility index (Phi) is 6.95. The SMILES string of the molecule is CCc1cc2c(N3CCN(C(=O)c4cccc(C)c4)CC3)nc(SCC(=O)OC)nc2s1. The van der Waals surface area contributed by atoms with Crippen LogP contribution >= 0.6 is 23.1 Å². The number of benzene rings is 1. The van der Waals surface area contributed by atoms with Crippen LogP contribution in [0, 0.1) is 6.92 Å². The number of piperazine rings is 1. The van der Waals surface area contributed by atoms with Crippen LogP contribution in [0.5, 0.6) is 0 Å². The number of anilines is 1. The highest BCUT2D eigenvalue weighted by Gasteiger charge is 2.25. The summed E-state index contributed by atoms with van der Waals surface area (Å²) in [5.41, 5.74) is 1.81. The summed E-state index contributed by atoms with van der Waals surface area (Å²) in [7, 11) is 1.38. The number of methoxy groups -OCH3 is 1. The molecule has 3 heterocycles. The van der Waals surface area contributed by atoms with Crippen molar-refractivity contribution < 1.29 is 14.3 Å². The van der Waals surface area contributed by atoms with Crippen LogP contribution in [0.1, 0.15) is 27.7 Å². The summed E-state index contributed by atoms with van der Waals surface area (Å²) >= 11 is 2.95. The molecule has 0 N–H and O–H groups in total. The van der Waals surface area contributed by atoms with E-state index in [1.165, 1.54) is 23.7 Å². The number of carbonyl (C=O) groups excluding carboxylic acids is 2. The second kappa shape index (κ2) is 9.87. The molecule has 0 atom stereocenters. The molecule has 1 saturated heterocycles. The van der Waals surface area contributed by atoms with E-state index in [4.69, 9.17) is 9.72 Å². The topological polar surface area (TPSA) is 75.6 Å². The van der Waals surface area contributed by atoms with Crippen molar-refractivity contribution in [3.63, 3.8) is 0 Å². The van der Waals surface area contributed by atoms with E-state index >= 15 is 0 Å². The number of fused-ring (bicyclic) bond motifs is 1. The van der Waals surface area contributed by atoms with Crippen molar-refractivity contribution in [3.8, 4) is 0 Å². The van der Waals surface area contributed by atoms with Crippen LogP contribution in [0.2, 0.25) is 0 Å². The first-order valence-corrected chi connectivity index (χ1v) is 12.4. The lowest BCUT2D eigenvalue weighted by atomic mass is 10.1. The van der Waals surface area contributed by atoms with Gasteiger partial charge >= 0.3 is 5.97 Å². The van der Waals surface area contributed by atoms with Crippen molar-refractivity contribution in [2.24, 2.45) is 0 Å². The average molecular weight is 471 g/mol. The highest BCUT2D eigenvalue weighted by molar-refractivity contribution is 7.99. The third kappa shape index (κ3) is 4.88. The van der Waals surface area contributed by atoms with E-state index in [0.29, 0.717) is 31.3 Å². The van der Waals surface area contributed by atoms with Crippen LogP contribution in [0.3, 0.4) is 0 Å². The lowest BCUT2D eigenvalue weighted by molar-refractivity contribution is -0.137. The molecule has 168 valence electrons. The molecule has 9 heteroatoms. The Labute approximate surface area is 195 Å². The van der Waals surface area contributed by atoms with E-state index < -0.39 is 0 Å². The van der Waals surface area contributed by atoms with Gasteiger partial charge < -0.3 is 14.5 Å². The third-order valence-electron chi connectivity index (χ3n) is 5.43. The number of nitrogens with zero attached hydrogens (tertiary/aromatic N) is 4. The fraction of sp³-hybridized carbons (Fsp3) is 0.391. The normalized spacial score (nSPS) is 14.1. The van der Waals surface area contributed by atoms with Gasteiger partial charge in [-0.05, 0) is 31.5 Å². The van der Waals surface area contributed by atoms with Crippen LogP contribution in [0.4, 0.5) is 5.82 Å². The Balaban J connectivity index is 1.54. The minimum absolute atomic E-state index is 0.0688. The lowest BCUT2D eigenvalue weighted by Crippen LogP contribution is -2.49. The summed E-state index contributed by atoms with van der Waals surface area (Å²) in [6, 6.07) is 9.89. The van der Waals surface area contributed by atoms with Gasteiger partial charge in [0.25, 0.3) is 5.91 Å². The molecule has 2 aromatic heterocycles. The van der Waals surface area contributed by atoms with Gasteiger partial charge in [0.2, 0.25) is 0 Å². The summed E-state index contributed by atoms with van der Waals surface area (Å²) in [5, 5.41) is 1.60. The van der Waals surface area contributed by atoms with Crippen LogP contribution in [0.25, 0.3) is 10.2 Å². The average Bonchev–Trinajstić information content (AvgIpc) is 3.25. The molecular weight excluding hydrogens is 444 g/mol. The Bertz CT molecular complexity index is 1140. The van der Waals surface area contributed by atoms with Crippen LogP contribution < -0.4 is 4.90 Å². The number of aryl methyl sites for hydroxylation is 2. The molecule has 3 aromatic rings. The molecule has 1 aliphatic heterocycles. The standard InChI is InChI=1S/C23H26N4O3S2/c1-4-17-13-18-20(24-23(25-21(18)32-17)31-14-19(28)30-3)26-8-10-27(11-9-26)22(29)16-7-5-6-15(2)12-16/h5-7,12-13H,4,8-11,14H2,1-3H3. The minimum atomic E-state index is -0.302. The van der Waals surface area contributed by atoms with E-state index in [9.17, 15) is 9.59 Å². The number of aromatic nitrogens is 2. The monoisotopic (exact) mass is 470 g/mol. The molecule has 1 fully saturated rings. The number of hydrogen-bond acceptors (Lipinski definition) is 8. The summed E-state index contributed by atoms with van der Waals surface area (Å²) in [4.78, 5) is 40.3. The van der Waals surface area contributed by atoms with Gasteiger partial charge in [0.1, 0.15) is 10.6 Å². The highest BCUT2D eigenvalue weighted by atomic mass is 32.2. The van der Waals surface area contributed by atoms with Crippen molar-refractivity contribution >= 4 is 51.0 Å². The molecule has 1 aromatic carbocycles. The zero-order valence-corrected chi connectivity index (χ0v) is 20.1. The molecule has 4 rings (SSSR count). The van der Waals surface area contributed by atoms with Crippen LogP contribution in [-0.4, -0.2) is 65.8 Å². The number of thioether (sulfide) groups is 1. The Morgan fingerprint density at radius 1 is 1.16 bits per heavy atom. The number of carbonyl (C=O) groups is 2. The molecular formula is C23H26N4O3S2. The van der Waals surface area contributed by atoms with Gasteiger partial charge in [0.15, 0.2) is 5.16 Å². The molecule has 32 heavy (non-hydrogen) atoms. The molecule has 0 saturated carbocycles. The van der Waals surface area contributed by atoms with Gasteiger partial charge in [-0.1, -0.05) is 36.4 Å². The number of hydrogen-bond donors (Lipinski definition) is 0. The first-order valence-electron chi connectivity index (χ1n) is 10.6. The predicted octanol–water partition coefficient (Wildman–Crippen LogP) is 3.79. The highest BCUT2D eigenvalue weighted by Crippen LogP contribution is 2.34. The lowest BCUT2D eigenvalue weighted by Gasteiger charge is -2.35. The van der Waals surface area contributed by atoms with Crippen LogP contribution in [-0.2, 0) is 16.0 Å². The minimum Gasteiger partial charge on any atom is -0.468 e. The zero-order valence-electron chi connectivity index (χ0n) is 18.5. The van der Waals surface area contributed by atoms with Gasteiger partial charge in [0, 0.05) is 36.6 Å². The van der Waals surface area contributed by atoms with Crippen molar-refractivity contribution in [2.45, 2.75) is 25.4 Å². The molecule has 0 aliphatic carbocycles.